The second-order valence-corrected chi connectivity index (χ2v) is 9.57. The molecule has 0 saturated carbocycles. The second kappa shape index (κ2) is 11.5. The Kier molecular flexibility index (Phi) is 8.16. The van der Waals surface area contributed by atoms with Crippen LogP contribution >= 0.6 is 11.8 Å². The molecule has 1 fully saturated rings. The summed E-state index contributed by atoms with van der Waals surface area (Å²) >= 11 is 1.38. The Bertz CT molecular complexity index is 1380. The van der Waals surface area contributed by atoms with E-state index in [9.17, 15) is 8.78 Å². The quantitative estimate of drug-likeness (QED) is 0.308. The van der Waals surface area contributed by atoms with Gasteiger partial charge in [-0.15, -0.1) is 6.42 Å². The van der Waals surface area contributed by atoms with Gasteiger partial charge in [-0.05, 0) is 37.4 Å². The minimum absolute atomic E-state index is 0.0327. The molecule has 0 bridgehead atoms. The number of terminal acetylenes is 1. The molecular weight excluding hydrogens is 515 g/mol. The third-order valence-corrected chi connectivity index (χ3v) is 7.06. The van der Waals surface area contributed by atoms with E-state index in [4.69, 9.17) is 21.9 Å². The Labute approximate surface area is 222 Å². The van der Waals surface area contributed by atoms with Crippen LogP contribution in [0.25, 0.3) is 6.08 Å². The van der Waals surface area contributed by atoms with E-state index in [0.717, 1.165) is 12.4 Å². The number of benzene rings is 1. The number of amidine groups is 1. The van der Waals surface area contributed by atoms with Crippen LogP contribution in [0.15, 0.2) is 63.5 Å². The largest absolute Gasteiger partial charge is 0.463 e. The molecule has 0 radical (unpaired) electrons. The molecule has 1 aromatic carbocycles. The Morgan fingerprint density at radius 1 is 1.39 bits per heavy atom. The van der Waals surface area contributed by atoms with Gasteiger partial charge in [0.15, 0.2) is 17.6 Å². The summed E-state index contributed by atoms with van der Waals surface area (Å²) in [6.45, 7) is 5.46. The second-order valence-electron chi connectivity index (χ2n) is 8.53. The lowest BCUT2D eigenvalue weighted by Crippen LogP contribution is -2.40. The van der Waals surface area contributed by atoms with E-state index in [1.54, 1.807) is 6.07 Å². The standard InChI is InChI=1S/C26H24F3N7OS/c1-4-7-37-23(31-3)12-32-16(2)22(29)9-17-5-6-21(28)20(8-17)26-15-36(25-33-10-19(27)11-34-25)13-18(26)14-38-24(30)35-26/h1,5-6,8-12,18H,3,7,13-15H2,2H3,(H2,30,35)/b22-9-,23-12+,32-16-/t18-,26-/m1/s1. The lowest BCUT2D eigenvalue weighted by Gasteiger charge is -2.35. The van der Waals surface area contributed by atoms with Gasteiger partial charge in [0.1, 0.15) is 17.2 Å². The molecule has 0 aliphatic carbocycles. The molecule has 0 unspecified atom stereocenters. The summed E-state index contributed by atoms with van der Waals surface area (Å²) < 4.78 is 48.8. The fourth-order valence-electron chi connectivity index (χ4n) is 4.29. The number of aliphatic imine (C=N–C) groups is 3. The minimum atomic E-state index is -1.05. The van der Waals surface area contributed by atoms with Crippen LogP contribution in [-0.4, -0.2) is 53.0 Å². The number of fused-ring (bicyclic) bond motifs is 1. The van der Waals surface area contributed by atoms with Gasteiger partial charge in [-0.25, -0.2) is 33.1 Å². The normalized spacial score (nSPS) is 22.0. The number of nitrogens with two attached hydrogens (primary N) is 1. The number of rotatable bonds is 8. The lowest BCUT2D eigenvalue weighted by molar-refractivity contribution is 0.251. The molecule has 0 spiro atoms. The summed E-state index contributed by atoms with van der Waals surface area (Å²) in [5.41, 5.74) is 5.75. The average molecular weight is 540 g/mol. The first-order valence-electron chi connectivity index (χ1n) is 11.4. The van der Waals surface area contributed by atoms with Crippen molar-refractivity contribution in [3.63, 3.8) is 0 Å². The Balaban J connectivity index is 1.68. The molecule has 1 saturated heterocycles. The maximum atomic E-state index is 15.3. The average Bonchev–Trinajstić information content (AvgIpc) is 3.29. The first-order valence-corrected chi connectivity index (χ1v) is 12.4. The molecule has 1 aromatic heterocycles. The molecule has 2 aromatic rings. The van der Waals surface area contributed by atoms with Crippen molar-refractivity contribution in [2.75, 3.05) is 30.3 Å². The number of nitrogens with zero attached hydrogens (tertiary/aromatic N) is 6. The highest BCUT2D eigenvalue weighted by atomic mass is 32.2. The summed E-state index contributed by atoms with van der Waals surface area (Å²) in [7, 11) is 0. The van der Waals surface area contributed by atoms with Crippen LogP contribution in [-0.2, 0) is 10.3 Å². The van der Waals surface area contributed by atoms with Gasteiger partial charge in [0.25, 0.3) is 0 Å². The number of anilines is 1. The molecule has 2 atom stereocenters. The van der Waals surface area contributed by atoms with Crippen molar-refractivity contribution < 1.29 is 17.9 Å². The van der Waals surface area contributed by atoms with E-state index in [2.05, 4.69) is 32.6 Å². The van der Waals surface area contributed by atoms with Crippen LogP contribution in [0.1, 0.15) is 18.1 Å². The lowest BCUT2D eigenvalue weighted by atomic mass is 9.81. The summed E-state index contributed by atoms with van der Waals surface area (Å²) in [6.07, 6.45) is 9.74. The van der Waals surface area contributed by atoms with Gasteiger partial charge in [-0.2, -0.15) is 0 Å². The number of hydrogen-bond donors (Lipinski definition) is 1. The molecule has 196 valence electrons. The van der Waals surface area contributed by atoms with Crippen molar-refractivity contribution >= 4 is 41.4 Å². The summed E-state index contributed by atoms with van der Waals surface area (Å²) in [5, 5.41) is 0.322. The van der Waals surface area contributed by atoms with E-state index in [1.807, 2.05) is 4.90 Å². The Morgan fingerprint density at radius 2 is 2.16 bits per heavy atom. The summed E-state index contributed by atoms with van der Waals surface area (Å²) in [6, 6.07) is 4.28. The predicted molar refractivity (Wildman–Crippen MR) is 144 cm³/mol. The van der Waals surface area contributed by atoms with Crippen molar-refractivity contribution in [3.05, 3.63) is 71.3 Å². The van der Waals surface area contributed by atoms with Gasteiger partial charge < -0.3 is 15.4 Å². The highest BCUT2D eigenvalue weighted by Crippen LogP contribution is 2.47. The molecular formula is C26H24F3N7OS. The van der Waals surface area contributed by atoms with Gasteiger partial charge in [0.05, 0.1) is 30.9 Å². The molecule has 3 heterocycles. The predicted octanol–water partition coefficient (Wildman–Crippen LogP) is 4.07. The number of ether oxygens (including phenoxy) is 1. The monoisotopic (exact) mass is 539 g/mol. The topological polar surface area (TPSA) is 101 Å². The zero-order chi connectivity index (χ0) is 27.3. The van der Waals surface area contributed by atoms with E-state index in [0.29, 0.717) is 29.0 Å². The van der Waals surface area contributed by atoms with E-state index in [-0.39, 0.29) is 36.2 Å². The summed E-state index contributed by atoms with van der Waals surface area (Å²) in [4.78, 5) is 22.3. The SMILES string of the molecule is C#CCO/C(=C/N=C(C)\C(F)=C\c1ccc(F)c([C@@]23CN(c4ncc(F)cn4)C[C@@H]2CSC(N)=N3)c1)N=C. The zero-order valence-electron chi connectivity index (χ0n) is 20.4. The van der Waals surface area contributed by atoms with Crippen LogP contribution in [0, 0.1) is 29.9 Å². The van der Waals surface area contributed by atoms with Crippen LogP contribution in [0.4, 0.5) is 19.1 Å². The molecule has 38 heavy (non-hydrogen) atoms. The molecule has 8 nitrogen and oxygen atoms in total. The molecule has 4 rings (SSSR count). The fourth-order valence-corrected chi connectivity index (χ4v) is 5.27. The van der Waals surface area contributed by atoms with Crippen molar-refractivity contribution in [2.45, 2.75) is 12.5 Å². The van der Waals surface area contributed by atoms with Crippen molar-refractivity contribution in [1.82, 2.24) is 9.97 Å². The van der Waals surface area contributed by atoms with Crippen molar-refractivity contribution in [3.8, 4) is 12.3 Å². The maximum Gasteiger partial charge on any atom is 0.232 e. The number of halogens is 3. The van der Waals surface area contributed by atoms with Crippen molar-refractivity contribution in [2.24, 2.45) is 26.6 Å². The number of aromatic nitrogens is 2. The fraction of sp³-hybridized carbons (Fsp3) is 0.269. The van der Waals surface area contributed by atoms with E-state index in [1.165, 1.54) is 43.1 Å². The highest BCUT2D eigenvalue weighted by molar-refractivity contribution is 8.13. The van der Waals surface area contributed by atoms with Crippen LogP contribution in [0.2, 0.25) is 0 Å². The van der Waals surface area contributed by atoms with Crippen LogP contribution in [0.5, 0.6) is 0 Å². The number of hydrogen-bond acceptors (Lipinski definition) is 9. The van der Waals surface area contributed by atoms with Gasteiger partial charge >= 0.3 is 0 Å². The highest BCUT2D eigenvalue weighted by Gasteiger charge is 2.52. The third kappa shape index (κ3) is 5.73. The van der Waals surface area contributed by atoms with Crippen LogP contribution in [0.3, 0.4) is 0 Å². The molecule has 2 aliphatic heterocycles. The van der Waals surface area contributed by atoms with Crippen molar-refractivity contribution in [1.29, 1.82) is 0 Å². The zero-order valence-corrected chi connectivity index (χ0v) is 21.3. The number of thioether (sulfide) groups is 1. The van der Waals surface area contributed by atoms with E-state index >= 15 is 4.39 Å². The smallest absolute Gasteiger partial charge is 0.232 e. The maximum absolute atomic E-state index is 15.3. The van der Waals surface area contributed by atoms with Crippen LogP contribution < -0.4 is 10.6 Å². The van der Waals surface area contributed by atoms with Gasteiger partial charge in [-0.1, -0.05) is 23.7 Å². The van der Waals surface area contributed by atoms with Gasteiger partial charge in [0.2, 0.25) is 11.8 Å². The first-order chi connectivity index (χ1) is 18.3. The van der Waals surface area contributed by atoms with Gasteiger partial charge in [0, 0.05) is 23.8 Å². The molecule has 2 N–H and O–H groups in total. The third-order valence-electron chi connectivity index (χ3n) is 6.10. The molecule has 12 heteroatoms. The van der Waals surface area contributed by atoms with Gasteiger partial charge in [-0.3, -0.25) is 4.99 Å². The first kappa shape index (κ1) is 26.9. The minimum Gasteiger partial charge on any atom is -0.463 e. The summed E-state index contributed by atoms with van der Waals surface area (Å²) in [5.74, 6) is 1.37. The Hall–Kier alpha value is -4.11. The molecule has 2 aliphatic rings. The Morgan fingerprint density at radius 3 is 2.87 bits per heavy atom. The number of allylic oxidation sites excluding steroid dienone is 1. The van der Waals surface area contributed by atoms with E-state index < -0.39 is 23.0 Å². The molecule has 0 amide bonds.